The summed E-state index contributed by atoms with van der Waals surface area (Å²) in [7, 11) is -4.10. The molecule has 0 fully saturated rings. The number of carbonyl (C=O) groups excluding carboxylic acids is 1. The molecule has 2 rings (SSSR count). The number of nitrogens with zero attached hydrogens (tertiary/aromatic N) is 1. The second-order valence-electron chi connectivity index (χ2n) is 7.14. The third-order valence-electron chi connectivity index (χ3n) is 4.23. The summed E-state index contributed by atoms with van der Waals surface area (Å²) in [4.78, 5) is 17.0. The normalized spacial score (nSPS) is 12.0. The molecule has 0 unspecified atom stereocenters. The van der Waals surface area contributed by atoms with E-state index < -0.39 is 15.9 Å². The van der Waals surface area contributed by atoms with Gasteiger partial charge in [0.2, 0.25) is 10.2 Å². The van der Waals surface area contributed by atoms with Gasteiger partial charge in [-0.15, -0.1) is 11.3 Å². The van der Waals surface area contributed by atoms with E-state index in [1.807, 2.05) is 32.4 Å². The molecular weight excluding hydrogens is 403 g/mol. The average Bonchev–Trinajstić information content (AvgIpc) is 3.05. The second-order valence-corrected chi connectivity index (χ2v) is 10.1. The number of aliphatic hydroxyl groups is 1. The minimum Gasteiger partial charge on any atom is -0.396 e. The maximum Gasteiger partial charge on any atom is 0.291 e. The molecule has 6 nitrogen and oxygen atoms in total. The molecule has 0 spiro atoms. The molecule has 2 aromatic rings. The van der Waals surface area contributed by atoms with Gasteiger partial charge in [-0.3, -0.25) is 4.79 Å². The summed E-state index contributed by atoms with van der Waals surface area (Å²) < 4.78 is 40.7. The molecule has 1 aromatic heterocycles. The third kappa shape index (κ3) is 5.36. The standard InChI is InChI=1S/C19H25FN2O4S2/c1-11(2)15-7-13(20)8-16(12(3)4)17(15)9-18(24)22-28(25,26)19-21-10-14(27-19)5-6-23/h7-8,10-12,23H,5-6,9H2,1-4H3,(H,22,24). The Morgan fingerprint density at radius 3 is 2.29 bits per heavy atom. The van der Waals surface area contributed by atoms with Crippen LogP contribution in [-0.2, 0) is 27.7 Å². The van der Waals surface area contributed by atoms with Crippen molar-refractivity contribution < 1.29 is 22.7 Å². The smallest absolute Gasteiger partial charge is 0.291 e. The van der Waals surface area contributed by atoms with Crippen LogP contribution in [0.3, 0.4) is 0 Å². The van der Waals surface area contributed by atoms with Gasteiger partial charge in [-0.2, -0.15) is 8.42 Å². The molecule has 1 amide bonds. The van der Waals surface area contributed by atoms with Crippen LogP contribution in [0.1, 0.15) is 61.1 Å². The van der Waals surface area contributed by atoms with Gasteiger partial charge in [0.25, 0.3) is 10.0 Å². The van der Waals surface area contributed by atoms with Crippen LogP contribution in [0.15, 0.2) is 22.7 Å². The first kappa shape index (κ1) is 22.4. The van der Waals surface area contributed by atoms with Gasteiger partial charge in [0, 0.05) is 24.1 Å². The number of thiazole rings is 1. The summed E-state index contributed by atoms with van der Waals surface area (Å²) in [5.74, 6) is -1.11. The zero-order valence-electron chi connectivity index (χ0n) is 16.3. The predicted molar refractivity (Wildman–Crippen MR) is 107 cm³/mol. The van der Waals surface area contributed by atoms with Crippen LogP contribution >= 0.6 is 11.3 Å². The maximum absolute atomic E-state index is 14.0. The van der Waals surface area contributed by atoms with E-state index in [2.05, 4.69) is 4.98 Å². The Balaban J connectivity index is 2.29. The first-order chi connectivity index (χ1) is 13.0. The lowest BCUT2D eigenvalue weighted by Crippen LogP contribution is -2.32. The fourth-order valence-electron chi connectivity index (χ4n) is 2.94. The largest absolute Gasteiger partial charge is 0.396 e. The molecule has 1 aromatic carbocycles. The summed E-state index contributed by atoms with van der Waals surface area (Å²) >= 11 is 0.907. The molecule has 0 aliphatic heterocycles. The van der Waals surface area contributed by atoms with Crippen LogP contribution < -0.4 is 4.72 Å². The monoisotopic (exact) mass is 428 g/mol. The van der Waals surface area contributed by atoms with E-state index in [1.54, 1.807) is 0 Å². The highest BCUT2D eigenvalue weighted by atomic mass is 32.2. The van der Waals surface area contributed by atoms with Gasteiger partial charge < -0.3 is 5.11 Å². The highest BCUT2D eigenvalue weighted by Gasteiger charge is 2.24. The Morgan fingerprint density at radius 2 is 1.79 bits per heavy atom. The lowest BCUT2D eigenvalue weighted by Gasteiger charge is -2.19. The van der Waals surface area contributed by atoms with Crippen LogP contribution in [-0.4, -0.2) is 31.0 Å². The molecular formula is C19H25FN2O4S2. The van der Waals surface area contributed by atoms with Gasteiger partial charge in [0.05, 0.1) is 6.42 Å². The van der Waals surface area contributed by atoms with Crippen molar-refractivity contribution in [1.82, 2.24) is 9.71 Å². The first-order valence-corrected chi connectivity index (χ1v) is 11.3. The van der Waals surface area contributed by atoms with Gasteiger partial charge >= 0.3 is 0 Å². The predicted octanol–water partition coefficient (Wildman–Crippen LogP) is 3.11. The summed E-state index contributed by atoms with van der Waals surface area (Å²) in [5.41, 5.74) is 2.03. The van der Waals surface area contributed by atoms with Crippen molar-refractivity contribution in [3.05, 3.63) is 45.7 Å². The topological polar surface area (TPSA) is 96.4 Å². The Morgan fingerprint density at radius 1 is 1.21 bits per heavy atom. The number of nitrogens with one attached hydrogen (secondary N) is 1. The Kier molecular flexibility index (Phi) is 7.30. The van der Waals surface area contributed by atoms with Gasteiger partial charge in [-0.1, -0.05) is 27.7 Å². The molecule has 0 aliphatic rings. The second kappa shape index (κ2) is 9.11. The molecule has 0 atom stereocenters. The number of hydrogen-bond acceptors (Lipinski definition) is 6. The van der Waals surface area contributed by atoms with Crippen molar-refractivity contribution in [2.45, 2.75) is 56.7 Å². The van der Waals surface area contributed by atoms with Crippen molar-refractivity contribution in [2.75, 3.05) is 6.61 Å². The van der Waals surface area contributed by atoms with Crippen molar-refractivity contribution in [2.24, 2.45) is 0 Å². The number of halogens is 1. The SMILES string of the molecule is CC(C)c1cc(F)cc(C(C)C)c1CC(=O)NS(=O)(=O)c1ncc(CCO)s1. The molecule has 9 heteroatoms. The van der Waals surface area contributed by atoms with Crippen LogP contribution in [0, 0.1) is 5.82 Å². The lowest BCUT2D eigenvalue weighted by molar-refractivity contribution is -0.118. The number of aromatic nitrogens is 1. The van der Waals surface area contributed by atoms with Gasteiger partial charge in [0.1, 0.15) is 5.82 Å². The number of sulfonamides is 1. The minimum absolute atomic E-state index is 0.0207. The van der Waals surface area contributed by atoms with Crippen molar-refractivity contribution in [3.8, 4) is 0 Å². The Hall–Kier alpha value is -1.84. The van der Waals surface area contributed by atoms with Crippen LogP contribution in [0.25, 0.3) is 0 Å². The van der Waals surface area contributed by atoms with Gasteiger partial charge in [0.15, 0.2) is 0 Å². The average molecular weight is 429 g/mol. The van der Waals surface area contributed by atoms with Crippen molar-refractivity contribution in [1.29, 1.82) is 0 Å². The molecule has 1 heterocycles. The maximum atomic E-state index is 14.0. The van der Waals surface area contributed by atoms with E-state index in [0.717, 1.165) is 11.3 Å². The number of amides is 1. The third-order valence-corrected chi connectivity index (χ3v) is 7.06. The fourth-order valence-corrected chi connectivity index (χ4v) is 5.11. The number of benzene rings is 1. The summed E-state index contributed by atoms with van der Waals surface area (Å²) in [5, 5.41) is 8.94. The van der Waals surface area contributed by atoms with E-state index >= 15 is 0 Å². The number of hydrogen-bond donors (Lipinski definition) is 2. The number of rotatable bonds is 8. The minimum atomic E-state index is -4.10. The van der Waals surface area contributed by atoms with E-state index in [1.165, 1.54) is 18.3 Å². The van der Waals surface area contributed by atoms with E-state index in [-0.39, 0.29) is 35.0 Å². The Labute approximate surface area is 168 Å². The van der Waals surface area contributed by atoms with E-state index in [9.17, 15) is 17.6 Å². The summed E-state index contributed by atoms with van der Waals surface area (Å²) in [6.45, 7) is 7.48. The fraction of sp³-hybridized carbons (Fsp3) is 0.474. The molecule has 0 aliphatic carbocycles. The molecule has 2 N–H and O–H groups in total. The van der Waals surface area contributed by atoms with E-state index in [4.69, 9.17) is 5.11 Å². The van der Waals surface area contributed by atoms with Gasteiger partial charge in [-0.25, -0.2) is 14.1 Å². The molecule has 154 valence electrons. The zero-order valence-corrected chi connectivity index (χ0v) is 18.0. The molecule has 0 radical (unpaired) electrons. The summed E-state index contributed by atoms with van der Waals surface area (Å²) in [6, 6.07) is 2.80. The molecule has 0 saturated heterocycles. The summed E-state index contributed by atoms with van der Waals surface area (Å²) in [6.07, 6.45) is 1.50. The lowest BCUT2D eigenvalue weighted by atomic mass is 9.87. The highest BCUT2D eigenvalue weighted by molar-refractivity contribution is 7.92. The molecule has 28 heavy (non-hydrogen) atoms. The Bertz CT molecular complexity index is 924. The zero-order chi connectivity index (χ0) is 21.1. The number of aliphatic hydroxyl groups excluding tert-OH is 1. The van der Waals surface area contributed by atoms with E-state index in [0.29, 0.717) is 28.0 Å². The molecule has 0 saturated carbocycles. The van der Waals surface area contributed by atoms with Crippen LogP contribution in [0.2, 0.25) is 0 Å². The molecule has 0 bridgehead atoms. The van der Waals surface area contributed by atoms with Crippen molar-refractivity contribution in [3.63, 3.8) is 0 Å². The van der Waals surface area contributed by atoms with Crippen LogP contribution in [0.4, 0.5) is 4.39 Å². The quantitative estimate of drug-likeness (QED) is 0.673. The van der Waals surface area contributed by atoms with Gasteiger partial charge in [-0.05, 0) is 40.7 Å². The number of carbonyl (C=O) groups is 1. The van der Waals surface area contributed by atoms with Crippen LogP contribution in [0.5, 0.6) is 0 Å². The highest BCUT2D eigenvalue weighted by Crippen LogP contribution is 2.29. The van der Waals surface area contributed by atoms with Crippen molar-refractivity contribution >= 4 is 27.3 Å². The first-order valence-electron chi connectivity index (χ1n) is 8.98.